The highest BCUT2D eigenvalue weighted by atomic mass is 32.2. The van der Waals surface area contributed by atoms with Gasteiger partial charge < -0.3 is 9.05 Å². The lowest BCUT2D eigenvalue weighted by Gasteiger charge is -2.21. The molecular weight excluding hydrogens is 339 g/mol. The normalized spacial score (nSPS) is 11.3. The highest BCUT2D eigenvalue weighted by Gasteiger charge is 2.38. The minimum absolute atomic E-state index is 0.127. The number of carbonyl (C=O) groups is 1. The van der Waals surface area contributed by atoms with E-state index in [9.17, 15) is 9.36 Å². The first-order valence-electron chi connectivity index (χ1n) is 6.85. The Labute approximate surface area is 140 Å². The minimum Gasteiger partial charge on any atom is -0.305 e. The molecule has 4 nitrogen and oxygen atoms in total. The second kappa shape index (κ2) is 9.58. The quantitative estimate of drug-likeness (QED) is 0.350. The zero-order chi connectivity index (χ0) is 16.6. The molecule has 1 rings (SSSR count). The van der Waals surface area contributed by atoms with Crippen LogP contribution in [-0.4, -0.2) is 31.5 Å². The molecule has 0 atom stereocenters. The standard InChI is InChI=1S/C15H21O4PS2/c1-5-18-20(17,19-6-2)14(15(21-3)22-4)13(16)12-10-8-7-9-11-12/h7-11H,5-6H2,1-4H3. The fourth-order valence-corrected chi connectivity index (χ4v) is 5.91. The summed E-state index contributed by atoms with van der Waals surface area (Å²) in [4.78, 5) is 12.9. The Balaban J connectivity index is 3.45. The van der Waals surface area contributed by atoms with Crippen LogP contribution in [0.15, 0.2) is 39.9 Å². The van der Waals surface area contributed by atoms with Crippen LogP contribution in [0.2, 0.25) is 0 Å². The molecule has 0 saturated carbocycles. The van der Waals surface area contributed by atoms with Crippen molar-refractivity contribution >= 4 is 36.9 Å². The van der Waals surface area contributed by atoms with E-state index in [2.05, 4.69) is 0 Å². The van der Waals surface area contributed by atoms with Gasteiger partial charge in [0.15, 0.2) is 0 Å². The van der Waals surface area contributed by atoms with E-state index in [0.717, 1.165) is 0 Å². The number of Topliss-reactive ketones (excluding diaryl/α,β-unsaturated/α-hetero) is 1. The zero-order valence-electron chi connectivity index (χ0n) is 13.2. The van der Waals surface area contributed by atoms with Crippen molar-refractivity contribution in [3.05, 3.63) is 45.4 Å². The third-order valence-corrected chi connectivity index (χ3v) is 7.31. The van der Waals surface area contributed by atoms with E-state index >= 15 is 0 Å². The fraction of sp³-hybridized carbons (Fsp3) is 0.400. The van der Waals surface area contributed by atoms with Crippen molar-refractivity contribution in [2.75, 3.05) is 25.7 Å². The third-order valence-electron chi connectivity index (χ3n) is 2.69. The average molecular weight is 360 g/mol. The molecule has 122 valence electrons. The first kappa shape index (κ1) is 19.5. The number of hydrogen-bond donors (Lipinski definition) is 0. The van der Waals surface area contributed by atoms with Crippen molar-refractivity contribution in [3.63, 3.8) is 0 Å². The minimum atomic E-state index is -3.65. The summed E-state index contributed by atoms with van der Waals surface area (Å²) < 4.78 is 24.6. The molecular formula is C15H21O4PS2. The Morgan fingerprint density at radius 3 is 1.95 bits per heavy atom. The van der Waals surface area contributed by atoms with Gasteiger partial charge in [0.1, 0.15) is 5.31 Å². The van der Waals surface area contributed by atoms with Crippen molar-refractivity contribution in [1.82, 2.24) is 0 Å². The van der Waals surface area contributed by atoms with Crippen molar-refractivity contribution < 1.29 is 18.4 Å². The smallest absolute Gasteiger partial charge is 0.305 e. The fourth-order valence-electron chi connectivity index (χ4n) is 1.84. The summed E-state index contributed by atoms with van der Waals surface area (Å²) in [5.74, 6) is -0.315. The summed E-state index contributed by atoms with van der Waals surface area (Å²) in [6.45, 7) is 3.88. The van der Waals surface area contributed by atoms with Crippen molar-refractivity contribution in [2.24, 2.45) is 0 Å². The molecule has 22 heavy (non-hydrogen) atoms. The molecule has 0 aliphatic carbocycles. The van der Waals surface area contributed by atoms with E-state index in [1.807, 2.05) is 18.6 Å². The third kappa shape index (κ3) is 4.74. The molecule has 0 aromatic heterocycles. The lowest BCUT2D eigenvalue weighted by Crippen LogP contribution is -2.10. The summed E-state index contributed by atoms with van der Waals surface area (Å²) in [5.41, 5.74) is 0.470. The highest BCUT2D eigenvalue weighted by molar-refractivity contribution is 8.22. The molecule has 1 aromatic carbocycles. The number of hydrogen-bond acceptors (Lipinski definition) is 6. The van der Waals surface area contributed by atoms with Gasteiger partial charge >= 0.3 is 7.60 Å². The van der Waals surface area contributed by atoms with Gasteiger partial charge in [0, 0.05) is 5.56 Å². The van der Waals surface area contributed by atoms with E-state index in [0.29, 0.717) is 9.80 Å². The molecule has 0 aliphatic heterocycles. The van der Waals surface area contributed by atoms with Gasteiger partial charge in [-0.2, -0.15) is 0 Å². The molecule has 0 spiro atoms. The van der Waals surface area contributed by atoms with Crippen LogP contribution in [0.5, 0.6) is 0 Å². The second-order valence-corrected chi connectivity index (χ2v) is 7.92. The molecule has 0 N–H and O–H groups in total. The Kier molecular flexibility index (Phi) is 8.50. The Morgan fingerprint density at radius 2 is 1.55 bits per heavy atom. The molecule has 0 amide bonds. The average Bonchev–Trinajstić information content (AvgIpc) is 2.53. The monoisotopic (exact) mass is 360 g/mol. The van der Waals surface area contributed by atoms with Crippen LogP contribution in [0, 0.1) is 0 Å². The number of carbonyl (C=O) groups excluding carboxylic acids is 1. The SMILES string of the molecule is CCOP(=O)(OCC)C(C(=O)c1ccccc1)=C(SC)SC. The lowest BCUT2D eigenvalue weighted by atomic mass is 10.1. The second-order valence-electron chi connectivity index (χ2n) is 4.07. The number of ketones is 1. The zero-order valence-corrected chi connectivity index (χ0v) is 15.7. The van der Waals surface area contributed by atoms with Crippen LogP contribution in [0.25, 0.3) is 0 Å². The maximum Gasteiger partial charge on any atom is 0.366 e. The first-order valence-corrected chi connectivity index (χ1v) is 10.8. The number of benzene rings is 1. The van der Waals surface area contributed by atoms with Crippen LogP contribution in [0.3, 0.4) is 0 Å². The molecule has 1 aromatic rings. The van der Waals surface area contributed by atoms with Crippen LogP contribution in [0.1, 0.15) is 24.2 Å². The summed E-state index contributed by atoms with van der Waals surface area (Å²) in [6, 6.07) is 8.77. The molecule has 7 heteroatoms. The molecule has 0 fully saturated rings. The first-order chi connectivity index (χ1) is 10.5. The molecule has 0 saturated heterocycles. The van der Waals surface area contributed by atoms with E-state index in [1.165, 1.54) is 23.5 Å². The van der Waals surface area contributed by atoms with Gasteiger partial charge in [-0.1, -0.05) is 30.3 Å². The highest BCUT2D eigenvalue weighted by Crippen LogP contribution is 2.60. The number of allylic oxidation sites excluding steroid dienone is 1. The van der Waals surface area contributed by atoms with Crippen LogP contribution < -0.4 is 0 Å². The van der Waals surface area contributed by atoms with Gasteiger partial charge in [-0.3, -0.25) is 9.36 Å². The Bertz CT molecular complexity index is 556. The van der Waals surface area contributed by atoms with E-state index in [4.69, 9.17) is 9.05 Å². The van der Waals surface area contributed by atoms with Gasteiger partial charge in [-0.15, -0.1) is 23.5 Å². The lowest BCUT2D eigenvalue weighted by molar-refractivity contribution is 0.103. The largest absolute Gasteiger partial charge is 0.366 e. The van der Waals surface area contributed by atoms with E-state index < -0.39 is 7.60 Å². The number of thioether (sulfide) groups is 2. The van der Waals surface area contributed by atoms with E-state index in [-0.39, 0.29) is 24.3 Å². The summed E-state index contributed by atoms with van der Waals surface area (Å²) >= 11 is 2.74. The Morgan fingerprint density at radius 1 is 1.05 bits per heavy atom. The van der Waals surface area contributed by atoms with Gasteiger partial charge in [0.05, 0.1) is 17.5 Å². The van der Waals surface area contributed by atoms with Gasteiger partial charge in [0.25, 0.3) is 0 Å². The van der Waals surface area contributed by atoms with E-state index in [1.54, 1.807) is 38.1 Å². The van der Waals surface area contributed by atoms with Gasteiger partial charge in [-0.25, -0.2) is 0 Å². The summed E-state index contributed by atoms with van der Waals surface area (Å²) in [6.07, 6.45) is 3.68. The molecule has 0 radical (unpaired) electrons. The Hall–Kier alpha value is -0.520. The maximum atomic E-state index is 13.1. The summed E-state index contributed by atoms with van der Waals surface area (Å²) in [7, 11) is -3.65. The molecule has 0 heterocycles. The number of rotatable bonds is 9. The van der Waals surface area contributed by atoms with Crippen molar-refractivity contribution in [1.29, 1.82) is 0 Å². The topological polar surface area (TPSA) is 52.6 Å². The van der Waals surface area contributed by atoms with Crippen molar-refractivity contribution in [2.45, 2.75) is 13.8 Å². The maximum absolute atomic E-state index is 13.1. The molecule has 0 unspecified atom stereocenters. The predicted octanol–water partition coefficient (Wildman–Crippen LogP) is 5.03. The summed E-state index contributed by atoms with van der Waals surface area (Å²) in [5, 5.41) is 0.127. The van der Waals surface area contributed by atoms with Crippen LogP contribution in [0.4, 0.5) is 0 Å². The molecule has 0 aliphatic rings. The predicted molar refractivity (Wildman–Crippen MR) is 95.7 cm³/mol. The van der Waals surface area contributed by atoms with Gasteiger partial charge in [0.2, 0.25) is 5.78 Å². The van der Waals surface area contributed by atoms with Crippen molar-refractivity contribution in [3.8, 4) is 0 Å². The molecule has 0 bridgehead atoms. The van der Waals surface area contributed by atoms with Gasteiger partial charge in [-0.05, 0) is 26.4 Å². The van der Waals surface area contributed by atoms with Crippen LogP contribution >= 0.6 is 31.1 Å². The van der Waals surface area contributed by atoms with Crippen LogP contribution in [-0.2, 0) is 13.6 Å².